The molecule has 0 aromatic rings. The van der Waals surface area contributed by atoms with E-state index in [1.165, 1.54) is 0 Å². The van der Waals surface area contributed by atoms with Crippen LogP contribution in [0, 0.1) is 11.3 Å². The standard InChI is InChI=1S/C8H10N2O3S/c1-14(11,12)13-10-8(6-9)7-4-2-3-5-7/h4H,2-3,5H2,1H3. The lowest BCUT2D eigenvalue weighted by molar-refractivity contribution is 0.343. The van der Waals surface area contributed by atoms with E-state index in [9.17, 15) is 8.42 Å². The second-order valence-electron chi connectivity index (χ2n) is 2.95. The van der Waals surface area contributed by atoms with Crippen molar-refractivity contribution < 1.29 is 12.7 Å². The molecule has 0 radical (unpaired) electrons. The second-order valence-corrected chi connectivity index (χ2v) is 4.51. The maximum absolute atomic E-state index is 10.6. The Bertz CT molecular complexity index is 414. The van der Waals surface area contributed by atoms with Crippen molar-refractivity contribution in [2.45, 2.75) is 19.3 Å². The molecule has 0 fully saturated rings. The Morgan fingerprint density at radius 2 is 2.43 bits per heavy atom. The van der Waals surface area contributed by atoms with E-state index in [4.69, 9.17) is 5.26 Å². The fourth-order valence-electron chi connectivity index (χ4n) is 1.14. The Morgan fingerprint density at radius 3 is 2.86 bits per heavy atom. The second kappa shape index (κ2) is 4.24. The van der Waals surface area contributed by atoms with E-state index < -0.39 is 10.1 Å². The van der Waals surface area contributed by atoms with Crippen LogP contribution < -0.4 is 0 Å². The summed E-state index contributed by atoms with van der Waals surface area (Å²) in [6, 6.07) is 1.81. The zero-order valence-electron chi connectivity index (χ0n) is 7.73. The minimum absolute atomic E-state index is 0.0490. The number of oxime groups is 1. The summed E-state index contributed by atoms with van der Waals surface area (Å²) in [6.07, 6.45) is 5.37. The lowest BCUT2D eigenvalue weighted by Gasteiger charge is -1.97. The van der Waals surface area contributed by atoms with Gasteiger partial charge in [-0.25, -0.2) is 0 Å². The molecule has 0 amide bonds. The fraction of sp³-hybridized carbons (Fsp3) is 0.500. The highest BCUT2D eigenvalue weighted by Crippen LogP contribution is 2.18. The van der Waals surface area contributed by atoms with Crippen LogP contribution in [0.2, 0.25) is 0 Å². The maximum atomic E-state index is 10.6. The quantitative estimate of drug-likeness (QED) is 0.517. The molecule has 0 atom stereocenters. The summed E-state index contributed by atoms with van der Waals surface area (Å²) in [7, 11) is -3.62. The van der Waals surface area contributed by atoms with E-state index in [1.807, 2.05) is 12.1 Å². The van der Waals surface area contributed by atoms with Crippen molar-refractivity contribution in [3.63, 3.8) is 0 Å². The lowest BCUT2D eigenvalue weighted by atomic mass is 10.1. The number of allylic oxidation sites excluding steroid dienone is 2. The molecule has 0 aliphatic heterocycles. The van der Waals surface area contributed by atoms with Crippen molar-refractivity contribution in [1.29, 1.82) is 5.26 Å². The van der Waals surface area contributed by atoms with Gasteiger partial charge in [-0.15, -0.1) is 0 Å². The first-order valence-corrected chi connectivity index (χ1v) is 5.91. The van der Waals surface area contributed by atoms with Crippen LogP contribution >= 0.6 is 0 Å². The normalized spacial score (nSPS) is 17.4. The van der Waals surface area contributed by atoms with Crippen molar-refractivity contribution in [3.8, 4) is 6.07 Å². The third kappa shape index (κ3) is 3.18. The zero-order valence-corrected chi connectivity index (χ0v) is 8.54. The van der Waals surface area contributed by atoms with Gasteiger partial charge in [0.2, 0.25) is 0 Å². The van der Waals surface area contributed by atoms with Crippen LogP contribution in [0.3, 0.4) is 0 Å². The molecule has 0 saturated heterocycles. The average Bonchev–Trinajstić information content (AvgIpc) is 2.56. The molecular formula is C8H10N2O3S. The van der Waals surface area contributed by atoms with Crippen LogP contribution in [0.5, 0.6) is 0 Å². The highest BCUT2D eigenvalue weighted by molar-refractivity contribution is 7.85. The molecule has 76 valence electrons. The summed E-state index contributed by atoms with van der Waals surface area (Å²) in [5, 5.41) is 12.0. The molecule has 0 bridgehead atoms. The third-order valence-electron chi connectivity index (χ3n) is 1.71. The fourth-order valence-corrected chi connectivity index (χ4v) is 1.35. The molecule has 6 heteroatoms. The molecule has 1 aliphatic rings. The summed E-state index contributed by atoms with van der Waals surface area (Å²) in [5.74, 6) is 0. The van der Waals surface area contributed by atoms with Crippen molar-refractivity contribution in [2.24, 2.45) is 5.16 Å². The molecule has 0 spiro atoms. The smallest absolute Gasteiger partial charge is 0.267 e. The molecule has 0 aromatic heterocycles. The molecule has 0 saturated carbocycles. The van der Waals surface area contributed by atoms with Gasteiger partial charge in [-0.1, -0.05) is 11.2 Å². The predicted molar refractivity (Wildman–Crippen MR) is 50.9 cm³/mol. The lowest BCUT2D eigenvalue weighted by Crippen LogP contribution is -2.03. The highest BCUT2D eigenvalue weighted by Gasteiger charge is 2.12. The molecule has 1 rings (SSSR count). The van der Waals surface area contributed by atoms with Gasteiger partial charge in [0.05, 0.1) is 6.26 Å². The average molecular weight is 214 g/mol. The van der Waals surface area contributed by atoms with Gasteiger partial charge in [-0.3, -0.25) is 4.28 Å². The van der Waals surface area contributed by atoms with Gasteiger partial charge < -0.3 is 0 Å². The summed E-state index contributed by atoms with van der Waals surface area (Å²) < 4.78 is 25.4. The van der Waals surface area contributed by atoms with E-state index in [2.05, 4.69) is 9.44 Å². The minimum Gasteiger partial charge on any atom is -0.267 e. The van der Waals surface area contributed by atoms with E-state index in [0.717, 1.165) is 31.1 Å². The first-order valence-electron chi connectivity index (χ1n) is 4.09. The molecule has 5 nitrogen and oxygen atoms in total. The van der Waals surface area contributed by atoms with Gasteiger partial charge in [0.25, 0.3) is 0 Å². The third-order valence-corrected chi connectivity index (χ3v) is 2.06. The van der Waals surface area contributed by atoms with Gasteiger partial charge in [-0.2, -0.15) is 13.7 Å². The Morgan fingerprint density at radius 1 is 1.71 bits per heavy atom. The first-order chi connectivity index (χ1) is 6.53. The first kappa shape index (κ1) is 10.7. The maximum Gasteiger partial charge on any atom is 0.325 e. The van der Waals surface area contributed by atoms with Gasteiger partial charge in [0.1, 0.15) is 6.07 Å². The topological polar surface area (TPSA) is 79.5 Å². The Kier molecular flexibility index (Phi) is 3.25. The number of nitrogens with zero attached hydrogens (tertiary/aromatic N) is 2. The van der Waals surface area contributed by atoms with Crippen LogP contribution in [-0.2, 0) is 14.4 Å². The zero-order chi connectivity index (χ0) is 10.6. The summed E-state index contributed by atoms with van der Waals surface area (Å²) >= 11 is 0. The van der Waals surface area contributed by atoms with E-state index in [-0.39, 0.29) is 5.71 Å². The predicted octanol–water partition coefficient (Wildman–Crippen LogP) is 0.952. The number of rotatable bonds is 3. The van der Waals surface area contributed by atoms with Crippen LogP contribution in [-0.4, -0.2) is 20.4 Å². The van der Waals surface area contributed by atoms with Crippen LogP contribution in [0.15, 0.2) is 16.8 Å². The Labute approximate surface area is 82.8 Å². The van der Waals surface area contributed by atoms with E-state index >= 15 is 0 Å². The largest absolute Gasteiger partial charge is 0.325 e. The van der Waals surface area contributed by atoms with E-state index in [0.29, 0.717) is 0 Å². The van der Waals surface area contributed by atoms with Crippen LogP contribution in [0.4, 0.5) is 0 Å². The van der Waals surface area contributed by atoms with Crippen LogP contribution in [0.1, 0.15) is 19.3 Å². The number of hydrogen-bond donors (Lipinski definition) is 0. The Hall–Kier alpha value is -1.35. The molecule has 0 unspecified atom stereocenters. The van der Waals surface area contributed by atoms with Crippen molar-refractivity contribution in [3.05, 3.63) is 11.6 Å². The van der Waals surface area contributed by atoms with Crippen molar-refractivity contribution >= 4 is 15.8 Å². The van der Waals surface area contributed by atoms with Crippen LogP contribution in [0.25, 0.3) is 0 Å². The highest BCUT2D eigenvalue weighted by atomic mass is 32.2. The SMILES string of the molecule is CS(=O)(=O)ON=C(C#N)C1=CCCC1. The van der Waals surface area contributed by atoms with E-state index in [1.54, 1.807) is 0 Å². The molecular weight excluding hydrogens is 204 g/mol. The van der Waals surface area contributed by atoms with Crippen molar-refractivity contribution in [1.82, 2.24) is 0 Å². The van der Waals surface area contributed by atoms with Gasteiger partial charge in [0, 0.05) is 0 Å². The van der Waals surface area contributed by atoms with Crippen molar-refractivity contribution in [2.75, 3.05) is 6.26 Å². The molecule has 0 heterocycles. The Balaban J connectivity index is 2.78. The number of nitriles is 1. The minimum atomic E-state index is -3.62. The molecule has 1 aliphatic carbocycles. The molecule has 0 aromatic carbocycles. The monoisotopic (exact) mass is 214 g/mol. The number of hydrogen-bond acceptors (Lipinski definition) is 5. The summed E-state index contributed by atoms with van der Waals surface area (Å²) in [4.78, 5) is 0. The molecule has 14 heavy (non-hydrogen) atoms. The van der Waals surface area contributed by atoms with Gasteiger partial charge >= 0.3 is 10.1 Å². The molecule has 0 N–H and O–H groups in total. The summed E-state index contributed by atoms with van der Waals surface area (Å²) in [5.41, 5.74) is 0.809. The summed E-state index contributed by atoms with van der Waals surface area (Å²) in [6.45, 7) is 0. The van der Waals surface area contributed by atoms with Gasteiger partial charge in [-0.05, 0) is 24.8 Å². The van der Waals surface area contributed by atoms with Gasteiger partial charge in [0.15, 0.2) is 5.71 Å².